The van der Waals surface area contributed by atoms with Gasteiger partial charge in [0.25, 0.3) is 0 Å². The molecule has 1 saturated heterocycles. The zero-order chi connectivity index (χ0) is 19.8. The molecule has 0 unspecified atom stereocenters. The normalized spacial score (nSPS) is 24.9. The minimum Gasteiger partial charge on any atom is -0.394 e. The highest BCUT2D eigenvalue weighted by atomic mass is 35.5. The van der Waals surface area contributed by atoms with Crippen molar-refractivity contribution in [2.45, 2.75) is 35.3 Å². The van der Waals surface area contributed by atoms with Gasteiger partial charge in [0, 0.05) is 10.8 Å². The molecule has 3 heterocycles. The topological polar surface area (TPSA) is 140 Å². The highest BCUT2D eigenvalue weighted by Crippen LogP contribution is 2.34. The lowest BCUT2D eigenvalue weighted by Crippen LogP contribution is -2.33. The number of hydrogen-bond acceptors (Lipinski definition) is 9. The molecule has 1 fully saturated rings. The predicted molar refractivity (Wildman–Crippen MR) is 104 cm³/mol. The number of anilines is 1. The van der Waals surface area contributed by atoms with Crippen LogP contribution in [0.3, 0.4) is 0 Å². The van der Waals surface area contributed by atoms with Crippen LogP contribution in [0.2, 0.25) is 5.02 Å². The van der Waals surface area contributed by atoms with E-state index in [0.717, 1.165) is 5.56 Å². The first-order chi connectivity index (χ1) is 13.5. The van der Waals surface area contributed by atoms with Crippen molar-refractivity contribution in [2.75, 3.05) is 12.3 Å². The van der Waals surface area contributed by atoms with Crippen molar-refractivity contribution in [3.05, 3.63) is 41.2 Å². The van der Waals surface area contributed by atoms with E-state index in [1.165, 1.54) is 22.7 Å². The van der Waals surface area contributed by atoms with Crippen LogP contribution in [0, 0.1) is 0 Å². The Morgan fingerprint density at radius 2 is 1.93 bits per heavy atom. The lowest BCUT2D eigenvalue weighted by atomic mass is 10.1. The molecule has 0 spiro atoms. The zero-order valence-electron chi connectivity index (χ0n) is 14.5. The smallest absolute Gasteiger partial charge is 0.223 e. The minimum absolute atomic E-state index is 0.0552. The number of benzene rings is 1. The number of fused-ring (bicyclic) bond motifs is 1. The Labute approximate surface area is 169 Å². The fraction of sp³-hybridized carbons (Fsp3) is 0.353. The molecular formula is C17H18ClN5O4S. The Morgan fingerprint density at radius 3 is 2.61 bits per heavy atom. The number of thioether (sulfide) groups is 1. The molecule has 148 valence electrons. The molecule has 0 aliphatic carbocycles. The molecule has 0 radical (unpaired) electrons. The maximum Gasteiger partial charge on any atom is 0.223 e. The number of nitrogen functional groups attached to an aromatic ring is 1. The third-order valence-corrected chi connectivity index (χ3v) is 5.77. The van der Waals surface area contributed by atoms with Crippen LogP contribution >= 0.6 is 23.4 Å². The lowest BCUT2D eigenvalue weighted by molar-refractivity contribution is -0.0511. The van der Waals surface area contributed by atoms with E-state index in [0.29, 0.717) is 27.0 Å². The van der Waals surface area contributed by atoms with Gasteiger partial charge in [-0.25, -0.2) is 9.97 Å². The van der Waals surface area contributed by atoms with E-state index < -0.39 is 31.1 Å². The highest BCUT2D eigenvalue weighted by Gasteiger charge is 2.44. The monoisotopic (exact) mass is 423 g/mol. The summed E-state index contributed by atoms with van der Waals surface area (Å²) in [5, 5.41) is 30.8. The summed E-state index contributed by atoms with van der Waals surface area (Å²) in [4.78, 5) is 12.8. The van der Waals surface area contributed by atoms with Gasteiger partial charge in [-0.2, -0.15) is 4.98 Å². The van der Waals surface area contributed by atoms with Crippen molar-refractivity contribution < 1.29 is 20.1 Å². The van der Waals surface area contributed by atoms with E-state index in [1.807, 2.05) is 24.3 Å². The van der Waals surface area contributed by atoms with Crippen LogP contribution in [0.1, 0.15) is 11.8 Å². The molecule has 4 rings (SSSR count). The van der Waals surface area contributed by atoms with Crippen molar-refractivity contribution in [3.8, 4) is 0 Å². The summed E-state index contributed by atoms with van der Waals surface area (Å²) in [6, 6.07) is 7.49. The summed E-state index contributed by atoms with van der Waals surface area (Å²) in [6.07, 6.45) is -2.84. The number of imidazole rings is 1. The predicted octanol–water partition coefficient (Wildman–Crippen LogP) is 0.966. The first kappa shape index (κ1) is 19.4. The average Bonchev–Trinajstić information content (AvgIpc) is 3.22. The standard InChI is InChI=1S/C17H18ClN5O4S/c18-9-3-1-8(2-4-9)6-28-15-11-14(21-17(19)22-15)23(7-20-11)16-13(26)12(25)10(5-24)27-16/h1-4,7,10,12-13,16,24-26H,5-6H2,(H2,19,21,22)/t10-,12+,13+,16+/m0/s1. The van der Waals surface area contributed by atoms with Gasteiger partial charge in [-0.15, -0.1) is 0 Å². The molecule has 0 amide bonds. The van der Waals surface area contributed by atoms with Crippen LogP contribution in [0.5, 0.6) is 0 Å². The van der Waals surface area contributed by atoms with Crippen molar-refractivity contribution >= 4 is 40.5 Å². The molecule has 9 nitrogen and oxygen atoms in total. The SMILES string of the molecule is Nc1nc(SCc2ccc(Cl)cc2)c2ncn([C@@H]3O[C@@H](CO)[C@@H](O)[C@H]3O)c2n1. The first-order valence-corrected chi connectivity index (χ1v) is 9.84. The molecule has 0 saturated carbocycles. The molecule has 1 aliphatic rings. The van der Waals surface area contributed by atoms with E-state index in [4.69, 9.17) is 22.1 Å². The molecule has 5 N–H and O–H groups in total. The number of rotatable bonds is 5. The second kappa shape index (κ2) is 7.82. The van der Waals surface area contributed by atoms with Gasteiger partial charge >= 0.3 is 0 Å². The highest BCUT2D eigenvalue weighted by molar-refractivity contribution is 7.98. The summed E-state index contributed by atoms with van der Waals surface area (Å²) in [5.41, 5.74) is 7.81. The Bertz CT molecular complexity index is 986. The second-order valence-electron chi connectivity index (χ2n) is 6.36. The molecule has 1 aliphatic heterocycles. The average molecular weight is 424 g/mol. The Hall–Kier alpha value is -1.95. The number of hydrogen-bond donors (Lipinski definition) is 4. The minimum atomic E-state index is -1.24. The summed E-state index contributed by atoms with van der Waals surface area (Å²) < 4.78 is 7.05. The van der Waals surface area contributed by atoms with Crippen LogP contribution in [0.15, 0.2) is 35.6 Å². The molecule has 3 aromatic rings. The van der Waals surface area contributed by atoms with Gasteiger partial charge in [-0.3, -0.25) is 4.57 Å². The fourth-order valence-electron chi connectivity index (χ4n) is 3.04. The van der Waals surface area contributed by atoms with E-state index in [9.17, 15) is 15.3 Å². The molecule has 0 bridgehead atoms. The van der Waals surface area contributed by atoms with Crippen molar-refractivity contribution in [1.29, 1.82) is 0 Å². The molecule has 11 heteroatoms. The van der Waals surface area contributed by atoms with Gasteiger partial charge in [0.15, 0.2) is 11.9 Å². The van der Waals surface area contributed by atoms with Gasteiger partial charge in [-0.1, -0.05) is 35.5 Å². The number of aliphatic hydroxyl groups excluding tert-OH is 3. The van der Waals surface area contributed by atoms with Crippen LogP contribution in [-0.2, 0) is 10.5 Å². The fourth-order valence-corrected chi connectivity index (χ4v) is 4.10. The van der Waals surface area contributed by atoms with E-state index >= 15 is 0 Å². The Morgan fingerprint density at radius 1 is 1.18 bits per heavy atom. The van der Waals surface area contributed by atoms with Crippen LogP contribution in [0.4, 0.5) is 5.95 Å². The van der Waals surface area contributed by atoms with Crippen LogP contribution in [-0.4, -0.2) is 59.8 Å². The number of aromatic nitrogens is 4. The van der Waals surface area contributed by atoms with Gasteiger partial charge in [0.2, 0.25) is 5.95 Å². The second-order valence-corrected chi connectivity index (χ2v) is 7.76. The Kier molecular flexibility index (Phi) is 5.41. The molecular weight excluding hydrogens is 406 g/mol. The van der Waals surface area contributed by atoms with Crippen molar-refractivity contribution in [1.82, 2.24) is 19.5 Å². The van der Waals surface area contributed by atoms with Crippen molar-refractivity contribution in [3.63, 3.8) is 0 Å². The lowest BCUT2D eigenvalue weighted by Gasteiger charge is -2.16. The maximum absolute atomic E-state index is 10.3. The van der Waals surface area contributed by atoms with Crippen LogP contribution in [0.25, 0.3) is 11.2 Å². The largest absolute Gasteiger partial charge is 0.394 e. The first-order valence-electron chi connectivity index (χ1n) is 8.47. The van der Waals surface area contributed by atoms with Crippen LogP contribution < -0.4 is 5.73 Å². The number of halogens is 1. The number of nitrogens with zero attached hydrogens (tertiary/aromatic N) is 4. The Balaban J connectivity index is 1.64. The molecule has 28 heavy (non-hydrogen) atoms. The summed E-state index contributed by atoms with van der Waals surface area (Å²) in [5.74, 6) is 0.684. The number of aliphatic hydroxyl groups is 3. The van der Waals surface area contributed by atoms with Crippen molar-refractivity contribution in [2.24, 2.45) is 0 Å². The van der Waals surface area contributed by atoms with Gasteiger partial charge in [0.1, 0.15) is 28.9 Å². The van der Waals surface area contributed by atoms with Gasteiger partial charge < -0.3 is 25.8 Å². The van der Waals surface area contributed by atoms with E-state index in [-0.39, 0.29) is 5.95 Å². The van der Waals surface area contributed by atoms with E-state index in [1.54, 1.807) is 0 Å². The molecule has 2 aromatic heterocycles. The quantitative estimate of drug-likeness (QED) is 0.349. The number of ether oxygens (including phenoxy) is 1. The van der Waals surface area contributed by atoms with Gasteiger partial charge in [-0.05, 0) is 17.7 Å². The zero-order valence-corrected chi connectivity index (χ0v) is 16.1. The molecule has 4 atom stereocenters. The summed E-state index contributed by atoms with van der Waals surface area (Å²) >= 11 is 7.36. The third-order valence-electron chi connectivity index (χ3n) is 4.49. The third kappa shape index (κ3) is 3.54. The summed E-state index contributed by atoms with van der Waals surface area (Å²) in [6.45, 7) is -0.416. The summed E-state index contributed by atoms with van der Waals surface area (Å²) in [7, 11) is 0. The number of nitrogens with two attached hydrogens (primary N) is 1. The maximum atomic E-state index is 10.3. The molecule has 1 aromatic carbocycles. The van der Waals surface area contributed by atoms with Gasteiger partial charge in [0.05, 0.1) is 12.9 Å². The van der Waals surface area contributed by atoms with E-state index in [2.05, 4.69) is 15.0 Å².